The number of rotatable bonds is 3. The molecule has 0 amide bonds. The average molecular weight is 370 g/mol. The molecule has 0 radical (unpaired) electrons. The zero-order valence-corrected chi connectivity index (χ0v) is 13.5. The standard InChI is InChI=1S/C15H14Br2O/c1-10-7-14(8-11(2)15(10)17)18-9-12-3-5-13(16)6-4-12/h3-8H,9H2,1-2H3. The third-order valence-corrected chi connectivity index (χ3v) is 4.51. The molecular formula is C15H14Br2O. The number of benzene rings is 2. The van der Waals surface area contributed by atoms with Gasteiger partial charge < -0.3 is 4.74 Å². The SMILES string of the molecule is Cc1cc(OCc2ccc(Br)cc2)cc(C)c1Br. The zero-order valence-electron chi connectivity index (χ0n) is 10.3. The van der Waals surface area contributed by atoms with Crippen LogP contribution in [0.3, 0.4) is 0 Å². The van der Waals surface area contributed by atoms with E-state index < -0.39 is 0 Å². The topological polar surface area (TPSA) is 9.23 Å². The van der Waals surface area contributed by atoms with E-state index in [0.717, 1.165) is 20.3 Å². The molecule has 0 aromatic heterocycles. The largest absolute Gasteiger partial charge is 0.489 e. The number of ether oxygens (including phenoxy) is 1. The van der Waals surface area contributed by atoms with Gasteiger partial charge in [-0.3, -0.25) is 0 Å². The maximum Gasteiger partial charge on any atom is 0.120 e. The molecule has 0 aliphatic carbocycles. The summed E-state index contributed by atoms with van der Waals surface area (Å²) in [7, 11) is 0. The summed E-state index contributed by atoms with van der Waals surface area (Å²) < 4.78 is 8.05. The monoisotopic (exact) mass is 368 g/mol. The molecule has 0 atom stereocenters. The Balaban J connectivity index is 2.08. The van der Waals surface area contributed by atoms with Crippen molar-refractivity contribution >= 4 is 31.9 Å². The van der Waals surface area contributed by atoms with Crippen LogP contribution in [0, 0.1) is 13.8 Å². The molecule has 3 heteroatoms. The van der Waals surface area contributed by atoms with Gasteiger partial charge in [0.05, 0.1) is 0 Å². The van der Waals surface area contributed by atoms with E-state index in [-0.39, 0.29) is 0 Å². The van der Waals surface area contributed by atoms with E-state index >= 15 is 0 Å². The van der Waals surface area contributed by atoms with Crippen LogP contribution in [0.2, 0.25) is 0 Å². The second-order valence-corrected chi connectivity index (χ2v) is 5.99. The van der Waals surface area contributed by atoms with Gasteiger partial charge in [0, 0.05) is 8.95 Å². The molecule has 0 bridgehead atoms. The van der Waals surface area contributed by atoms with Crippen LogP contribution in [0.5, 0.6) is 5.75 Å². The van der Waals surface area contributed by atoms with Gasteiger partial charge in [-0.2, -0.15) is 0 Å². The van der Waals surface area contributed by atoms with E-state index in [1.807, 2.05) is 12.1 Å². The van der Waals surface area contributed by atoms with E-state index in [1.54, 1.807) is 0 Å². The van der Waals surface area contributed by atoms with Crippen LogP contribution in [-0.2, 0) is 6.61 Å². The fourth-order valence-electron chi connectivity index (χ4n) is 1.74. The first kappa shape index (κ1) is 13.6. The van der Waals surface area contributed by atoms with Gasteiger partial charge in [-0.1, -0.05) is 44.0 Å². The zero-order chi connectivity index (χ0) is 13.1. The first-order valence-corrected chi connectivity index (χ1v) is 7.29. The van der Waals surface area contributed by atoms with Crippen LogP contribution in [0.25, 0.3) is 0 Å². The Morgan fingerprint density at radius 1 is 0.944 bits per heavy atom. The summed E-state index contributed by atoms with van der Waals surface area (Å²) in [6, 6.07) is 12.3. The van der Waals surface area contributed by atoms with Crippen molar-refractivity contribution in [3.8, 4) is 5.75 Å². The Hall–Kier alpha value is -0.800. The predicted octanol–water partition coefficient (Wildman–Crippen LogP) is 5.41. The molecule has 0 heterocycles. The lowest BCUT2D eigenvalue weighted by Gasteiger charge is -2.10. The van der Waals surface area contributed by atoms with Crippen LogP contribution in [-0.4, -0.2) is 0 Å². The van der Waals surface area contributed by atoms with Crippen LogP contribution in [0.1, 0.15) is 16.7 Å². The van der Waals surface area contributed by atoms with E-state index in [4.69, 9.17) is 4.74 Å². The fourth-order valence-corrected chi connectivity index (χ4v) is 2.23. The molecule has 2 aromatic carbocycles. The summed E-state index contributed by atoms with van der Waals surface area (Å²) >= 11 is 6.98. The number of hydrogen-bond acceptors (Lipinski definition) is 1. The van der Waals surface area contributed by atoms with Gasteiger partial charge in [-0.05, 0) is 54.8 Å². The van der Waals surface area contributed by atoms with Crippen LogP contribution >= 0.6 is 31.9 Å². The highest BCUT2D eigenvalue weighted by molar-refractivity contribution is 9.10. The maximum atomic E-state index is 5.81. The molecule has 0 saturated heterocycles. The molecule has 18 heavy (non-hydrogen) atoms. The van der Waals surface area contributed by atoms with Gasteiger partial charge >= 0.3 is 0 Å². The highest BCUT2D eigenvalue weighted by Crippen LogP contribution is 2.26. The molecule has 0 N–H and O–H groups in total. The molecule has 0 aliphatic heterocycles. The van der Waals surface area contributed by atoms with Crippen molar-refractivity contribution in [2.75, 3.05) is 0 Å². The molecule has 0 unspecified atom stereocenters. The van der Waals surface area contributed by atoms with Crippen molar-refractivity contribution in [3.63, 3.8) is 0 Å². The summed E-state index contributed by atoms with van der Waals surface area (Å²) in [5, 5.41) is 0. The summed E-state index contributed by atoms with van der Waals surface area (Å²) in [5.41, 5.74) is 3.55. The molecule has 0 aliphatic rings. The van der Waals surface area contributed by atoms with Crippen molar-refractivity contribution in [2.24, 2.45) is 0 Å². The van der Waals surface area contributed by atoms with Crippen molar-refractivity contribution < 1.29 is 4.74 Å². The highest BCUT2D eigenvalue weighted by Gasteiger charge is 2.03. The van der Waals surface area contributed by atoms with E-state index in [1.165, 1.54) is 11.1 Å². The van der Waals surface area contributed by atoms with E-state index in [2.05, 4.69) is 70.0 Å². The normalized spacial score (nSPS) is 10.4. The molecule has 1 nitrogen and oxygen atoms in total. The Bertz CT molecular complexity index is 524. The molecule has 94 valence electrons. The second kappa shape index (κ2) is 5.89. The van der Waals surface area contributed by atoms with Gasteiger partial charge in [0.25, 0.3) is 0 Å². The molecule has 2 aromatic rings. The molecule has 0 fully saturated rings. The van der Waals surface area contributed by atoms with Gasteiger partial charge in [0.2, 0.25) is 0 Å². The number of halogens is 2. The Labute approximate surface area is 124 Å². The minimum Gasteiger partial charge on any atom is -0.489 e. The van der Waals surface area contributed by atoms with Crippen LogP contribution in [0.4, 0.5) is 0 Å². The third-order valence-electron chi connectivity index (χ3n) is 2.73. The first-order valence-electron chi connectivity index (χ1n) is 5.70. The molecule has 0 saturated carbocycles. The lowest BCUT2D eigenvalue weighted by Crippen LogP contribution is -1.96. The van der Waals surface area contributed by atoms with Gasteiger partial charge in [0.1, 0.15) is 12.4 Å². The molecule has 0 spiro atoms. The van der Waals surface area contributed by atoms with Gasteiger partial charge in [-0.25, -0.2) is 0 Å². The van der Waals surface area contributed by atoms with Crippen molar-refractivity contribution in [1.29, 1.82) is 0 Å². The van der Waals surface area contributed by atoms with Crippen LogP contribution in [0.15, 0.2) is 45.3 Å². The molecular weight excluding hydrogens is 356 g/mol. The first-order chi connectivity index (χ1) is 8.56. The minimum atomic E-state index is 0.591. The Morgan fingerprint density at radius 2 is 1.50 bits per heavy atom. The van der Waals surface area contributed by atoms with E-state index in [0.29, 0.717) is 6.61 Å². The highest BCUT2D eigenvalue weighted by atomic mass is 79.9. The maximum absolute atomic E-state index is 5.81. The summed E-state index contributed by atoms with van der Waals surface area (Å²) in [4.78, 5) is 0. The summed E-state index contributed by atoms with van der Waals surface area (Å²) in [5.74, 6) is 0.913. The van der Waals surface area contributed by atoms with Crippen molar-refractivity contribution in [3.05, 3.63) is 62.0 Å². The van der Waals surface area contributed by atoms with Gasteiger partial charge in [-0.15, -0.1) is 0 Å². The predicted molar refractivity (Wildman–Crippen MR) is 82.1 cm³/mol. The number of aryl methyl sites for hydroxylation is 2. The molecule has 2 rings (SSSR count). The second-order valence-electron chi connectivity index (χ2n) is 4.29. The summed E-state index contributed by atoms with van der Waals surface area (Å²) in [6.45, 7) is 4.74. The summed E-state index contributed by atoms with van der Waals surface area (Å²) in [6.07, 6.45) is 0. The van der Waals surface area contributed by atoms with Gasteiger partial charge in [0.15, 0.2) is 0 Å². The quantitative estimate of drug-likeness (QED) is 0.703. The third kappa shape index (κ3) is 3.36. The van der Waals surface area contributed by atoms with Crippen molar-refractivity contribution in [2.45, 2.75) is 20.5 Å². The lowest BCUT2D eigenvalue weighted by molar-refractivity contribution is 0.306. The lowest BCUT2D eigenvalue weighted by atomic mass is 10.1. The van der Waals surface area contributed by atoms with Crippen LogP contribution < -0.4 is 4.74 Å². The van der Waals surface area contributed by atoms with E-state index in [9.17, 15) is 0 Å². The Morgan fingerprint density at radius 3 is 2.06 bits per heavy atom. The average Bonchev–Trinajstić information content (AvgIpc) is 2.35. The Kier molecular flexibility index (Phi) is 4.46. The fraction of sp³-hybridized carbons (Fsp3) is 0.200. The minimum absolute atomic E-state index is 0.591. The smallest absolute Gasteiger partial charge is 0.120 e. The van der Waals surface area contributed by atoms with Crippen molar-refractivity contribution in [1.82, 2.24) is 0 Å². The number of hydrogen-bond donors (Lipinski definition) is 0.